The third-order valence-electron chi connectivity index (χ3n) is 3.23. The maximum atomic E-state index is 9.03. The van der Waals surface area contributed by atoms with Crippen LogP contribution in [0.2, 0.25) is 0 Å². The second kappa shape index (κ2) is 6.51. The van der Waals surface area contributed by atoms with E-state index >= 15 is 0 Å². The van der Waals surface area contributed by atoms with E-state index in [1.54, 1.807) is 0 Å². The maximum absolute atomic E-state index is 9.03. The highest BCUT2D eigenvalue weighted by Crippen LogP contribution is 2.23. The molecule has 3 N–H and O–H groups in total. The van der Waals surface area contributed by atoms with E-state index in [0.29, 0.717) is 18.5 Å². The van der Waals surface area contributed by atoms with Gasteiger partial charge in [0.2, 0.25) is 11.9 Å². The van der Waals surface area contributed by atoms with Crippen molar-refractivity contribution in [2.75, 3.05) is 36.9 Å². The third kappa shape index (κ3) is 3.66. The van der Waals surface area contributed by atoms with Crippen LogP contribution < -0.4 is 15.4 Å². The van der Waals surface area contributed by atoms with Gasteiger partial charge in [0.05, 0.1) is 6.61 Å². The molecule has 1 aromatic heterocycles. The number of rotatable bonds is 5. The minimum Gasteiger partial charge on any atom is -0.464 e. The van der Waals surface area contributed by atoms with Gasteiger partial charge in [-0.05, 0) is 32.1 Å². The summed E-state index contributed by atoms with van der Waals surface area (Å²) < 4.78 is 5.28. The van der Waals surface area contributed by atoms with Crippen molar-refractivity contribution in [3.63, 3.8) is 0 Å². The van der Waals surface area contributed by atoms with Crippen molar-refractivity contribution in [1.29, 1.82) is 0 Å². The monoisotopic (exact) mass is 267 g/mol. The van der Waals surface area contributed by atoms with Crippen LogP contribution in [0.15, 0.2) is 0 Å². The Labute approximate surface area is 112 Å². The molecule has 19 heavy (non-hydrogen) atoms. The summed E-state index contributed by atoms with van der Waals surface area (Å²) in [5, 5.41) is 9.03. The molecular formula is C12H21N5O2. The van der Waals surface area contributed by atoms with Gasteiger partial charge >= 0.3 is 6.01 Å². The summed E-state index contributed by atoms with van der Waals surface area (Å²) in [5.74, 6) is 1.23. The van der Waals surface area contributed by atoms with Gasteiger partial charge < -0.3 is 20.5 Å². The average molecular weight is 267 g/mol. The molecule has 2 heterocycles. The Kier molecular flexibility index (Phi) is 4.73. The van der Waals surface area contributed by atoms with Crippen molar-refractivity contribution < 1.29 is 9.84 Å². The van der Waals surface area contributed by atoms with E-state index in [2.05, 4.69) is 19.9 Å². The van der Waals surface area contributed by atoms with Crippen molar-refractivity contribution in [3.8, 4) is 6.01 Å². The summed E-state index contributed by atoms with van der Waals surface area (Å²) in [6, 6.07) is 0.272. The molecule has 0 bridgehead atoms. The fourth-order valence-electron chi connectivity index (χ4n) is 2.36. The number of hydrogen-bond acceptors (Lipinski definition) is 7. The van der Waals surface area contributed by atoms with Crippen LogP contribution in [0.4, 0.5) is 11.9 Å². The molecule has 2 rings (SSSR count). The molecule has 0 aliphatic carbocycles. The number of aliphatic hydroxyl groups excluding tert-OH is 1. The lowest BCUT2D eigenvalue weighted by Crippen LogP contribution is -2.37. The molecule has 1 aliphatic heterocycles. The zero-order valence-corrected chi connectivity index (χ0v) is 11.2. The maximum Gasteiger partial charge on any atom is 0.323 e. The van der Waals surface area contributed by atoms with Gasteiger partial charge in [0.25, 0.3) is 0 Å². The van der Waals surface area contributed by atoms with E-state index in [-0.39, 0.29) is 18.6 Å². The number of anilines is 2. The van der Waals surface area contributed by atoms with Gasteiger partial charge in [-0.15, -0.1) is 0 Å². The first-order valence-corrected chi connectivity index (χ1v) is 6.73. The minimum absolute atomic E-state index is 0.178. The summed E-state index contributed by atoms with van der Waals surface area (Å²) >= 11 is 0. The summed E-state index contributed by atoms with van der Waals surface area (Å²) in [6.07, 6.45) is 3.02. The summed E-state index contributed by atoms with van der Waals surface area (Å²) in [7, 11) is 0. The Hall–Kier alpha value is -1.63. The van der Waals surface area contributed by atoms with Crippen LogP contribution in [0.3, 0.4) is 0 Å². The molecule has 1 unspecified atom stereocenters. The highest BCUT2D eigenvalue weighted by Gasteiger charge is 2.22. The van der Waals surface area contributed by atoms with E-state index < -0.39 is 0 Å². The molecule has 0 aromatic carbocycles. The molecule has 0 amide bonds. The van der Waals surface area contributed by atoms with Crippen molar-refractivity contribution in [3.05, 3.63) is 0 Å². The van der Waals surface area contributed by atoms with Crippen LogP contribution in [-0.2, 0) is 0 Å². The minimum atomic E-state index is 0.178. The molecule has 0 saturated carbocycles. The number of aliphatic hydroxyl groups is 1. The zero-order valence-electron chi connectivity index (χ0n) is 11.2. The number of nitrogens with zero attached hydrogens (tertiary/aromatic N) is 4. The number of hydrogen-bond donors (Lipinski definition) is 2. The largest absolute Gasteiger partial charge is 0.464 e. The number of aromatic nitrogens is 3. The van der Waals surface area contributed by atoms with Gasteiger partial charge in [-0.3, -0.25) is 0 Å². The van der Waals surface area contributed by atoms with Crippen molar-refractivity contribution in [1.82, 2.24) is 15.0 Å². The van der Waals surface area contributed by atoms with Gasteiger partial charge in [-0.25, -0.2) is 0 Å². The van der Waals surface area contributed by atoms with Crippen LogP contribution in [0.5, 0.6) is 6.01 Å². The number of ether oxygens (including phenoxy) is 1. The molecule has 1 aliphatic rings. The van der Waals surface area contributed by atoms with Crippen LogP contribution >= 0.6 is 0 Å². The van der Waals surface area contributed by atoms with Crippen LogP contribution in [-0.4, -0.2) is 46.4 Å². The molecule has 7 nitrogen and oxygen atoms in total. The topological polar surface area (TPSA) is 97.4 Å². The first kappa shape index (κ1) is 13.8. The molecule has 1 atom stereocenters. The fraction of sp³-hybridized carbons (Fsp3) is 0.750. The lowest BCUT2D eigenvalue weighted by molar-refractivity contribution is 0.243. The Morgan fingerprint density at radius 3 is 3.00 bits per heavy atom. The van der Waals surface area contributed by atoms with Crippen LogP contribution in [0.25, 0.3) is 0 Å². The van der Waals surface area contributed by atoms with Gasteiger partial charge in [-0.2, -0.15) is 15.0 Å². The zero-order chi connectivity index (χ0) is 13.7. The first-order chi connectivity index (χ1) is 9.22. The predicted molar refractivity (Wildman–Crippen MR) is 72.0 cm³/mol. The number of piperidine rings is 1. The standard InChI is InChI=1S/C12H21N5O2/c1-2-19-12-15-10(13)14-11(16-12)17-6-3-4-9(8-17)5-7-18/h9,18H,2-8H2,1H3,(H2,13,14,15,16). The lowest BCUT2D eigenvalue weighted by atomic mass is 9.95. The van der Waals surface area contributed by atoms with Crippen LogP contribution in [0, 0.1) is 5.92 Å². The average Bonchev–Trinajstić information content (AvgIpc) is 2.39. The summed E-state index contributed by atoms with van der Waals surface area (Å²) in [5.41, 5.74) is 5.68. The predicted octanol–water partition coefficient (Wildman–Crippen LogP) is 0.451. The Morgan fingerprint density at radius 1 is 1.42 bits per heavy atom. The second-order valence-electron chi connectivity index (χ2n) is 4.68. The molecule has 106 valence electrons. The Balaban J connectivity index is 2.11. The molecule has 0 radical (unpaired) electrons. The van der Waals surface area contributed by atoms with E-state index in [1.165, 1.54) is 0 Å². The Morgan fingerprint density at radius 2 is 2.26 bits per heavy atom. The highest BCUT2D eigenvalue weighted by molar-refractivity contribution is 5.36. The fourth-order valence-corrected chi connectivity index (χ4v) is 2.36. The smallest absolute Gasteiger partial charge is 0.323 e. The Bertz CT molecular complexity index is 413. The molecule has 1 fully saturated rings. The van der Waals surface area contributed by atoms with E-state index in [0.717, 1.165) is 32.4 Å². The van der Waals surface area contributed by atoms with E-state index in [1.807, 2.05) is 6.92 Å². The van der Waals surface area contributed by atoms with Gasteiger partial charge in [0, 0.05) is 19.7 Å². The summed E-state index contributed by atoms with van der Waals surface area (Å²) in [4.78, 5) is 14.5. The van der Waals surface area contributed by atoms with Crippen molar-refractivity contribution >= 4 is 11.9 Å². The molecule has 0 spiro atoms. The van der Waals surface area contributed by atoms with Crippen molar-refractivity contribution in [2.24, 2.45) is 5.92 Å². The lowest BCUT2D eigenvalue weighted by Gasteiger charge is -2.32. The van der Waals surface area contributed by atoms with Gasteiger partial charge in [-0.1, -0.05) is 0 Å². The number of nitrogens with two attached hydrogens (primary N) is 1. The van der Waals surface area contributed by atoms with Gasteiger partial charge in [0.15, 0.2) is 0 Å². The highest BCUT2D eigenvalue weighted by atomic mass is 16.5. The quantitative estimate of drug-likeness (QED) is 0.799. The number of nitrogen functional groups attached to an aromatic ring is 1. The molecule has 1 aromatic rings. The van der Waals surface area contributed by atoms with Crippen molar-refractivity contribution in [2.45, 2.75) is 26.2 Å². The molecular weight excluding hydrogens is 246 g/mol. The first-order valence-electron chi connectivity index (χ1n) is 6.73. The SMILES string of the molecule is CCOc1nc(N)nc(N2CCCC(CCO)C2)n1. The molecule has 7 heteroatoms. The molecule has 1 saturated heterocycles. The normalized spacial score (nSPS) is 19.5. The van der Waals surface area contributed by atoms with E-state index in [4.69, 9.17) is 15.6 Å². The van der Waals surface area contributed by atoms with E-state index in [9.17, 15) is 0 Å². The third-order valence-corrected chi connectivity index (χ3v) is 3.23. The second-order valence-corrected chi connectivity index (χ2v) is 4.68. The summed E-state index contributed by atoms with van der Waals surface area (Å²) in [6.45, 7) is 4.34. The van der Waals surface area contributed by atoms with Crippen LogP contribution in [0.1, 0.15) is 26.2 Å². The van der Waals surface area contributed by atoms with Gasteiger partial charge in [0.1, 0.15) is 0 Å².